The van der Waals surface area contributed by atoms with Crippen molar-refractivity contribution in [1.82, 2.24) is 4.98 Å². The molecule has 2 aromatic rings. The molecule has 2 heterocycles. The van der Waals surface area contributed by atoms with Gasteiger partial charge in [0.1, 0.15) is 0 Å². The van der Waals surface area contributed by atoms with Crippen LogP contribution >= 0.6 is 0 Å². The van der Waals surface area contributed by atoms with Gasteiger partial charge in [-0.2, -0.15) is 0 Å². The van der Waals surface area contributed by atoms with Crippen LogP contribution in [0.5, 0.6) is 0 Å². The quantitative estimate of drug-likeness (QED) is 0.842. The number of nitrogens with two attached hydrogens (primary N) is 1. The number of hydrogen-bond donors (Lipinski definition) is 2. The summed E-state index contributed by atoms with van der Waals surface area (Å²) in [6.45, 7) is 0.428. The molecule has 1 aromatic carbocycles. The number of pyridine rings is 1. The minimum absolute atomic E-state index is 0.293. The number of aromatic nitrogens is 1. The van der Waals surface area contributed by atoms with Crippen LogP contribution < -0.4 is 11.1 Å². The second-order valence-corrected chi connectivity index (χ2v) is 7.51. The Balaban J connectivity index is 1.87. The highest BCUT2D eigenvalue weighted by atomic mass is 32.2. The predicted octanol–water partition coefficient (Wildman–Crippen LogP) is 1.81. The molecule has 106 valence electrons. The summed E-state index contributed by atoms with van der Waals surface area (Å²) in [4.78, 5) is 4.33. The Hall–Kier alpha value is -1.82. The average molecular weight is 291 g/mol. The zero-order valence-corrected chi connectivity index (χ0v) is 11.9. The van der Waals surface area contributed by atoms with Crippen LogP contribution in [0.3, 0.4) is 0 Å². The molecule has 0 bridgehead atoms. The molecule has 1 aliphatic heterocycles. The molecule has 0 spiro atoms. The van der Waals surface area contributed by atoms with Gasteiger partial charge in [-0.25, -0.2) is 8.42 Å². The lowest BCUT2D eigenvalue weighted by atomic mass is 10.1. The van der Waals surface area contributed by atoms with Crippen LogP contribution in [0.1, 0.15) is 12.8 Å². The first-order valence-electron chi connectivity index (χ1n) is 6.66. The van der Waals surface area contributed by atoms with Gasteiger partial charge in [-0.15, -0.1) is 0 Å². The van der Waals surface area contributed by atoms with E-state index in [2.05, 4.69) is 10.3 Å². The molecule has 1 unspecified atom stereocenters. The van der Waals surface area contributed by atoms with Crippen LogP contribution in [0.4, 0.5) is 11.4 Å². The highest BCUT2D eigenvalue weighted by molar-refractivity contribution is 7.92. The van der Waals surface area contributed by atoms with Gasteiger partial charge in [0.15, 0.2) is 9.84 Å². The van der Waals surface area contributed by atoms with Gasteiger partial charge in [-0.05, 0) is 37.1 Å². The fourth-order valence-electron chi connectivity index (χ4n) is 2.65. The van der Waals surface area contributed by atoms with Gasteiger partial charge in [0.2, 0.25) is 0 Å². The number of nitrogens with zero attached hydrogens (tertiary/aromatic N) is 1. The maximum absolute atomic E-state index is 11.8. The minimum Gasteiger partial charge on any atom is -0.398 e. The molecule has 3 N–H and O–H groups in total. The number of sulfone groups is 1. The molecular weight excluding hydrogens is 274 g/mol. The van der Waals surface area contributed by atoms with E-state index in [-0.39, 0.29) is 5.25 Å². The van der Waals surface area contributed by atoms with Gasteiger partial charge in [0, 0.05) is 23.8 Å². The van der Waals surface area contributed by atoms with Gasteiger partial charge >= 0.3 is 0 Å². The lowest BCUT2D eigenvalue weighted by Crippen LogP contribution is -2.25. The van der Waals surface area contributed by atoms with E-state index in [0.29, 0.717) is 18.0 Å². The number of nitrogens with one attached hydrogen (secondary N) is 1. The molecule has 1 atom stereocenters. The van der Waals surface area contributed by atoms with E-state index in [1.54, 1.807) is 6.20 Å². The molecule has 5 nitrogen and oxygen atoms in total. The van der Waals surface area contributed by atoms with E-state index < -0.39 is 9.84 Å². The molecule has 0 amide bonds. The van der Waals surface area contributed by atoms with Crippen LogP contribution in [0, 0.1) is 0 Å². The van der Waals surface area contributed by atoms with E-state index in [4.69, 9.17) is 5.73 Å². The summed E-state index contributed by atoms with van der Waals surface area (Å²) in [5, 5.41) is 3.80. The van der Waals surface area contributed by atoms with Gasteiger partial charge in [-0.3, -0.25) is 4.98 Å². The Morgan fingerprint density at radius 3 is 2.95 bits per heavy atom. The predicted molar refractivity (Wildman–Crippen MR) is 81.5 cm³/mol. The first-order chi connectivity index (χ1) is 9.58. The maximum atomic E-state index is 11.8. The third-order valence-electron chi connectivity index (χ3n) is 3.79. The zero-order chi connectivity index (χ0) is 14.2. The van der Waals surface area contributed by atoms with E-state index in [9.17, 15) is 8.42 Å². The fraction of sp³-hybridized carbons (Fsp3) is 0.357. The van der Waals surface area contributed by atoms with Crippen molar-refractivity contribution in [2.45, 2.75) is 18.1 Å². The van der Waals surface area contributed by atoms with E-state index in [0.717, 1.165) is 29.4 Å². The van der Waals surface area contributed by atoms with Crippen LogP contribution in [-0.4, -0.2) is 30.9 Å². The number of nitrogen functional groups attached to an aromatic ring is 1. The summed E-state index contributed by atoms with van der Waals surface area (Å²) in [6, 6.07) is 7.42. The number of fused-ring (bicyclic) bond motifs is 1. The first kappa shape index (κ1) is 13.2. The third kappa shape index (κ3) is 2.31. The number of rotatable bonds is 3. The van der Waals surface area contributed by atoms with E-state index >= 15 is 0 Å². The molecule has 20 heavy (non-hydrogen) atoms. The standard InChI is InChI=1S/C14H17N3O2S/c15-12-5-6-13(14-11(12)4-1-7-16-14)17-9-10-3-2-8-20(10,18)19/h1,4-7,10,17H,2-3,8-9,15H2. The lowest BCUT2D eigenvalue weighted by molar-refractivity contribution is 0.591. The van der Waals surface area contributed by atoms with Crippen molar-refractivity contribution in [3.05, 3.63) is 30.5 Å². The Bertz CT molecular complexity index is 743. The van der Waals surface area contributed by atoms with E-state index in [1.807, 2.05) is 24.3 Å². The molecule has 3 rings (SSSR count). The second-order valence-electron chi connectivity index (χ2n) is 5.11. The highest BCUT2D eigenvalue weighted by Crippen LogP contribution is 2.27. The first-order valence-corrected chi connectivity index (χ1v) is 8.38. The van der Waals surface area contributed by atoms with Gasteiger partial charge < -0.3 is 11.1 Å². The van der Waals surface area contributed by atoms with Crippen LogP contribution in [0.15, 0.2) is 30.5 Å². The Labute approximate surface area is 118 Å². The Morgan fingerprint density at radius 2 is 2.20 bits per heavy atom. The smallest absolute Gasteiger partial charge is 0.154 e. The molecular formula is C14H17N3O2S. The molecule has 0 aliphatic carbocycles. The summed E-state index contributed by atoms with van der Waals surface area (Å²) in [5.41, 5.74) is 8.21. The van der Waals surface area contributed by atoms with Crippen LogP contribution in [0.25, 0.3) is 10.9 Å². The van der Waals surface area contributed by atoms with Gasteiger partial charge in [0.25, 0.3) is 0 Å². The molecule has 6 heteroatoms. The zero-order valence-electron chi connectivity index (χ0n) is 11.0. The molecule has 1 aliphatic rings. The largest absolute Gasteiger partial charge is 0.398 e. The van der Waals surface area contributed by atoms with Crippen molar-refractivity contribution >= 4 is 32.1 Å². The average Bonchev–Trinajstić information content (AvgIpc) is 2.77. The van der Waals surface area contributed by atoms with Crippen molar-refractivity contribution in [2.24, 2.45) is 0 Å². The summed E-state index contributed by atoms with van der Waals surface area (Å²) in [5.74, 6) is 0.306. The van der Waals surface area contributed by atoms with Crippen LogP contribution in [-0.2, 0) is 9.84 Å². The molecule has 1 aromatic heterocycles. The van der Waals surface area contributed by atoms with Crippen molar-refractivity contribution in [3.63, 3.8) is 0 Å². The topological polar surface area (TPSA) is 85.1 Å². The van der Waals surface area contributed by atoms with Crippen LogP contribution in [0.2, 0.25) is 0 Å². The molecule has 1 fully saturated rings. The lowest BCUT2D eigenvalue weighted by Gasteiger charge is -2.14. The Morgan fingerprint density at radius 1 is 1.35 bits per heavy atom. The van der Waals surface area contributed by atoms with Crippen molar-refractivity contribution in [1.29, 1.82) is 0 Å². The molecule has 1 saturated heterocycles. The SMILES string of the molecule is Nc1ccc(NCC2CCCS2(=O)=O)c2ncccc12. The van der Waals surface area contributed by atoms with E-state index in [1.165, 1.54) is 0 Å². The maximum Gasteiger partial charge on any atom is 0.154 e. The van der Waals surface area contributed by atoms with Crippen molar-refractivity contribution < 1.29 is 8.42 Å². The minimum atomic E-state index is -2.93. The van der Waals surface area contributed by atoms with Crippen molar-refractivity contribution in [2.75, 3.05) is 23.3 Å². The third-order valence-corrected chi connectivity index (χ3v) is 6.06. The number of anilines is 2. The normalized spacial score (nSPS) is 21.1. The summed E-state index contributed by atoms with van der Waals surface area (Å²) in [6.07, 6.45) is 3.20. The summed E-state index contributed by atoms with van der Waals surface area (Å²) in [7, 11) is -2.93. The monoisotopic (exact) mass is 291 g/mol. The van der Waals surface area contributed by atoms with Gasteiger partial charge in [-0.1, -0.05) is 0 Å². The number of benzene rings is 1. The fourth-order valence-corrected chi connectivity index (χ4v) is 4.41. The Kier molecular flexibility index (Phi) is 3.25. The van der Waals surface area contributed by atoms with Gasteiger partial charge in [0.05, 0.1) is 22.2 Å². The summed E-state index contributed by atoms with van der Waals surface area (Å²) >= 11 is 0. The molecule has 0 radical (unpaired) electrons. The number of hydrogen-bond acceptors (Lipinski definition) is 5. The second kappa shape index (κ2) is 4.94. The highest BCUT2D eigenvalue weighted by Gasteiger charge is 2.30. The van der Waals surface area contributed by atoms with Crippen molar-refractivity contribution in [3.8, 4) is 0 Å². The summed E-state index contributed by atoms with van der Waals surface area (Å²) < 4.78 is 23.7. The molecule has 0 saturated carbocycles.